The number of benzene rings is 2. The van der Waals surface area contributed by atoms with Gasteiger partial charge in [-0.15, -0.1) is 0 Å². The fourth-order valence-electron chi connectivity index (χ4n) is 4.16. The lowest BCUT2D eigenvalue weighted by molar-refractivity contribution is -0.118. The topological polar surface area (TPSA) is 52.7 Å². The second-order valence-electron chi connectivity index (χ2n) is 8.40. The molecule has 2 unspecified atom stereocenters. The summed E-state index contributed by atoms with van der Waals surface area (Å²) in [5, 5.41) is 3.63. The van der Waals surface area contributed by atoms with Crippen LogP contribution in [0.1, 0.15) is 30.5 Å². The Morgan fingerprint density at radius 2 is 1.97 bits per heavy atom. The second-order valence-corrected chi connectivity index (χ2v) is 8.84. The van der Waals surface area contributed by atoms with Gasteiger partial charge in [0.05, 0.1) is 6.04 Å². The average molecular weight is 436 g/mol. The van der Waals surface area contributed by atoms with E-state index >= 15 is 0 Å². The molecule has 2 aliphatic rings. The predicted molar refractivity (Wildman–Crippen MR) is 124 cm³/mol. The first kappa shape index (κ1) is 21.2. The van der Waals surface area contributed by atoms with Gasteiger partial charge < -0.3 is 15.1 Å². The van der Waals surface area contributed by atoms with Crippen molar-refractivity contribution in [1.82, 2.24) is 10.2 Å². The third-order valence-corrected chi connectivity index (χ3v) is 6.22. The summed E-state index contributed by atoms with van der Waals surface area (Å²) < 4.78 is 0. The van der Waals surface area contributed by atoms with Crippen LogP contribution in [-0.4, -0.2) is 37.0 Å². The standard InChI is InChI=1S/C25H26ClN3O2/c1-25(13-7-4-8-14-25)17-27-24(31)29-16-22(30)28(2)21-12-11-19(26)15-20(21)23(29)18-9-5-3-6-10-18/h3-13,15,23H,14,16-17H2,1-2H3,(H,27,31). The van der Waals surface area contributed by atoms with Crippen LogP contribution in [0.25, 0.3) is 0 Å². The zero-order valence-electron chi connectivity index (χ0n) is 17.7. The zero-order valence-corrected chi connectivity index (χ0v) is 18.5. The number of urea groups is 1. The van der Waals surface area contributed by atoms with Gasteiger partial charge in [-0.1, -0.05) is 73.2 Å². The molecule has 6 heteroatoms. The molecular formula is C25H26ClN3O2. The molecule has 0 saturated heterocycles. The van der Waals surface area contributed by atoms with Gasteiger partial charge in [-0.25, -0.2) is 4.79 Å². The Balaban J connectivity index is 1.72. The number of hydrogen-bond donors (Lipinski definition) is 1. The Labute approximate surface area is 188 Å². The minimum atomic E-state index is -0.432. The Hall–Kier alpha value is -3.05. The number of halogens is 1. The van der Waals surface area contributed by atoms with Crippen molar-refractivity contribution in [3.05, 3.63) is 89.0 Å². The average Bonchev–Trinajstić information content (AvgIpc) is 2.88. The van der Waals surface area contributed by atoms with Crippen molar-refractivity contribution in [1.29, 1.82) is 0 Å². The number of rotatable bonds is 3. The van der Waals surface area contributed by atoms with E-state index in [0.29, 0.717) is 11.6 Å². The molecule has 1 heterocycles. The lowest BCUT2D eigenvalue weighted by Gasteiger charge is -2.33. The van der Waals surface area contributed by atoms with E-state index in [-0.39, 0.29) is 23.9 Å². The van der Waals surface area contributed by atoms with Crippen LogP contribution in [0, 0.1) is 5.41 Å². The lowest BCUT2D eigenvalue weighted by atomic mass is 9.84. The van der Waals surface area contributed by atoms with Crippen LogP contribution in [-0.2, 0) is 4.79 Å². The van der Waals surface area contributed by atoms with Gasteiger partial charge in [0.25, 0.3) is 0 Å². The largest absolute Gasteiger partial charge is 0.337 e. The molecule has 0 aromatic heterocycles. The van der Waals surface area contributed by atoms with E-state index in [1.165, 1.54) is 0 Å². The van der Waals surface area contributed by atoms with Gasteiger partial charge in [0.1, 0.15) is 6.54 Å². The molecule has 0 fully saturated rings. The van der Waals surface area contributed by atoms with Gasteiger partial charge in [0.15, 0.2) is 0 Å². The monoisotopic (exact) mass is 435 g/mol. The molecular weight excluding hydrogens is 410 g/mol. The minimum Gasteiger partial charge on any atom is -0.337 e. The van der Waals surface area contributed by atoms with Crippen molar-refractivity contribution in [3.63, 3.8) is 0 Å². The van der Waals surface area contributed by atoms with Crippen molar-refractivity contribution in [2.24, 2.45) is 5.41 Å². The molecule has 2 aromatic carbocycles. The maximum atomic E-state index is 13.4. The molecule has 2 aromatic rings. The number of nitrogens with one attached hydrogen (secondary N) is 1. The first-order valence-corrected chi connectivity index (χ1v) is 10.8. The smallest absolute Gasteiger partial charge is 0.318 e. The summed E-state index contributed by atoms with van der Waals surface area (Å²) in [6.45, 7) is 2.57. The number of carbonyl (C=O) groups excluding carboxylic acids is 2. The summed E-state index contributed by atoms with van der Waals surface area (Å²) in [5.74, 6) is -0.149. The summed E-state index contributed by atoms with van der Waals surface area (Å²) in [4.78, 5) is 29.6. The molecule has 0 spiro atoms. The van der Waals surface area contributed by atoms with Crippen LogP contribution in [0.5, 0.6) is 0 Å². The fraction of sp³-hybridized carbons (Fsp3) is 0.280. The number of carbonyl (C=O) groups is 2. The molecule has 2 atom stereocenters. The second kappa shape index (κ2) is 8.60. The van der Waals surface area contributed by atoms with Crippen molar-refractivity contribution in [2.45, 2.75) is 19.4 Å². The molecule has 0 saturated carbocycles. The summed E-state index contributed by atoms with van der Waals surface area (Å²) in [7, 11) is 1.73. The van der Waals surface area contributed by atoms with Gasteiger partial charge in [-0.3, -0.25) is 4.79 Å². The van der Waals surface area contributed by atoms with Gasteiger partial charge in [-0.05, 0) is 30.2 Å². The minimum absolute atomic E-state index is 0.0271. The summed E-state index contributed by atoms with van der Waals surface area (Å²) in [5.41, 5.74) is 2.36. The summed E-state index contributed by atoms with van der Waals surface area (Å²) >= 11 is 6.34. The molecule has 1 N–H and O–H groups in total. The van der Waals surface area contributed by atoms with Crippen LogP contribution >= 0.6 is 11.6 Å². The Morgan fingerprint density at radius 1 is 1.19 bits per heavy atom. The molecule has 3 amide bonds. The first-order chi connectivity index (χ1) is 14.9. The highest BCUT2D eigenvalue weighted by Crippen LogP contribution is 2.39. The summed E-state index contributed by atoms with van der Waals surface area (Å²) in [6.07, 6.45) is 9.08. The third kappa shape index (κ3) is 4.37. The van der Waals surface area contributed by atoms with Crippen LogP contribution < -0.4 is 10.2 Å². The molecule has 0 bridgehead atoms. The molecule has 160 valence electrons. The normalized spacial score (nSPS) is 22.8. The molecule has 4 rings (SSSR count). The number of hydrogen-bond acceptors (Lipinski definition) is 2. The fourth-order valence-corrected chi connectivity index (χ4v) is 4.34. The van der Waals surface area contributed by atoms with Gasteiger partial charge in [0, 0.05) is 35.3 Å². The predicted octanol–water partition coefficient (Wildman–Crippen LogP) is 4.94. The van der Waals surface area contributed by atoms with Crippen molar-refractivity contribution < 1.29 is 9.59 Å². The van der Waals surface area contributed by atoms with Gasteiger partial charge in [-0.2, -0.15) is 0 Å². The Bertz CT molecular complexity index is 1050. The van der Waals surface area contributed by atoms with Crippen LogP contribution in [0.2, 0.25) is 5.02 Å². The van der Waals surface area contributed by atoms with Crippen LogP contribution in [0.4, 0.5) is 10.5 Å². The lowest BCUT2D eigenvalue weighted by Crippen LogP contribution is -2.48. The van der Waals surface area contributed by atoms with E-state index in [9.17, 15) is 9.59 Å². The molecule has 1 aliphatic carbocycles. The zero-order chi connectivity index (χ0) is 22.0. The quantitative estimate of drug-likeness (QED) is 0.742. The number of allylic oxidation sites excluding steroid dienone is 3. The molecule has 0 radical (unpaired) electrons. The molecule has 1 aliphatic heterocycles. The number of amides is 3. The molecule has 31 heavy (non-hydrogen) atoms. The third-order valence-electron chi connectivity index (χ3n) is 5.99. The molecule has 5 nitrogen and oxygen atoms in total. The van der Waals surface area contributed by atoms with E-state index in [0.717, 1.165) is 23.2 Å². The number of likely N-dealkylation sites (N-methyl/N-ethyl adjacent to an activating group) is 1. The van der Waals surface area contributed by atoms with Gasteiger partial charge in [0.2, 0.25) is 5.91 Å². The van der Waals surface area contributed by atoms with E-state index in [1.54, 1.807) is 22.9 Å². The maximum absolute atomic E-state index is 13.4. The van der Waals surface area contributed by atoms with Crippen molar-refractivity contribution >= 4 is 29.2 Å². The SMILES string of the molecule is CN1C(=O)CN(C(=O)NCC2(C)C=CC=CC2)C(c2ccccc2)c2cc(Cl)ccc21. The number of anilines is 1. The van der Waals surface area contributed by atoms with Crippen LogP contribution in [0.15, 0.2) is 72.8 Å². The first-order valence-electron chi connectivity index (χ1n) is 10.4. The Morgan fingerprint density at radius 3 is 2.68 bits per heavy atom. The van der Waals surface area contributed by atoms with E-state index in [4.69, 9.17) is 11.6 Å². The number of nitrogens with zero attached hydrogens (tertiary/aromatic N) is 2. The maximum Gasteiger partial charge on any atom is 0.318 e. The van der Waals surface area contributed by atoms with E-state index in [2.05, 4.69) is 24.4 Å². The Kier molecular flexibility index (Phi) is 5.88. The van der Waals surface area contributed by atoms with E-state index in [1.807, 2.05) is 54.6 Å². The van der Waals surface area contributed by atoms with Crippen LogP contribution in [0.3, 0.4) is 0 Å². The number of fused-ring (bicyclic) bond motifs is 1. The van der Waals surface area contributed by atoms with Crippen molar-refractivity contribution in [3.8, 4) is 0 Å². The highest BCUT2D eigenvalue weighted by Gasteiger charge is 2.36. The summed E-state index contributed by atoms with van der Waals surface area (Å²) in [6, 6.07) is 14.5. The van der Waals surface area contributed by atoms with Gasteiger partial charge >= 0.3 is 6.03 Å². The highest BCUT2D eigenvalue weighted by atomic mass is 35.5. The highest BCUT2D eigenvalue weighted by molar-refractivity contribution is 6.30. The van der Waals surface area contributed by atoms with E-state index < -0.39 is 6.04 Å². The van der Waals surface area contributed by atoms with Crippen molar-refractivity contribution in [2.75, 3.05) is 25.0 Å².